The van der Waals surface area contributed by atoms with Crippen LogP contribution in [-0.2, 0) is 13.0 Å². The molecule has 9 heteroatoms. The number of nitrogens with zero attached hydrogens (tertiary/aromatic N) is 3. The zero-order chi connectivity index (χ0) is 24.9. The van der Waals surface area contributed by atoms with Crippen LogP contribution in [0.1, 0.15) is 30.3 Å². The maximum atomic E-state index is 13.6. The number of ether oxygens (including phenoxy) is 2. The molecule has 180 valence electrons. The Balaban J connectivity index is 1.78. The quantitative estimate of drug-likeness (QED) is 0.216. The first-order chi connectivity index (χ1) is 16.9. The summed E-state index contributed by atoms with van der Waals surface area (Å²) < 4.78 is 28.0. The summed E-state index contributed by atoms with van der Waals surface area (Å²) in [7, 11) is 1.53. The monoisotopic (exact) mass is 601 g/mol. The van der Waals surface area contributed by atoms with E-state index in [4.69, 9.17) is 9.47 Å². The molecule has 1 aromatic heterocycles. The van der Waals surface area contributed by atoms with E-state index in [0.717, 1.165) is 15.4 Å². The fourth-order valence-corrected chi connectivity index (χ4v) is 4.41. The Morgan fingerprint density at radius 3 is 2.69 bits per heavy atom. The molecule has 0 aliphatic rings. The molecule has 0 aliphatic heterocycles. The molecule has 4 rings (SSSR count). The van der Waals surface area contributed by atoms with Gasteiger partial charge in [-0.25, -0.2) is 9.37 Å². The number of methoxy groups -OCH3 is 1. The van der Waals surface area contributed by atoms with Gasteiger partial charge in [-0.15, -0.1) is 0 Å². The van der Waals surface area contributed by atoms with Crippen molar-refractivity contribution < 1.29 is 13.9 Å². The number of aryl methyl sites for hydroxylation is 1. The third kappa shape index (κ3) is 5.79. The maximum absolute atomic E-state index is 13.6. The standard InChI is InChI=1S/C26H22Br2FN3O3/c1-3-5-24-31-22-9-8-18(27)12-21(22)26(33)32(24)30-14-17-11-19(28)13-23(34-2)25(17)35-15-16-6-4-7-20(29)10-16/h4,6-14H,3,5,15H2,1-2H3. The number of rotatable bonds is 8. The van der Waals surface area contributed by atoms with E-state index in [9.17, 15) is 9.18 Å². The van der Waals surface area contributed by atoms with Gasteiger partial charge in [0.05, 0.1) is 24.2 Å². The molecule has 1 heterocycles. The topological polar surface area (TPSA) is 65.7 Å². The highest BCUT2D eigenvalue weighted by molar-refractivity contribution is 9.10. The Morgan fingerprint density at radius 1 is 1.11 bits per heavy atom. The summed E-state index contributed by atoms with van der Waals surface area (Å²) in [6.07, 6.45) is 2.93. The van der Waals surface area contributed by atoms with E-state index in [2.05, 4.69) is 41.9 Å². The minimum Gasteiger partial charge on any atom is -0.493 e. The summed E-state index contributed by atoms with van der Waals surface area (Å²) in [5.74, 6) is 1.12. The number of halogens is 3. The second-order valence-corrected chi connectivity index (χ2v) is 9.58. The number of aromatic nitrogens is 2. The molecule has 0 amide bonds. The minimum absolute atomic E-state index is 0.128. The van der Waals surface area contributed by atoms with Gasteiger partial charge in [0.1, 0.15) is 18.2 Å². The third-order valence-electron chi connectivity index (χ3n) is 5.20. The zero-order valence-electron chi connectivity index (χ0n) is 19.1. The average molecular weight is 603 g/mol. The van der Waals surface area contributed by atoms with Gasteiger partial charge in [0.15, 0.2) is 11.5 Å². The van der Waals surface area contributed by atoms with Crippen molar-refractivity contribution in [2.24, 2.45) is 5.10 Å². The summed E-state index contributed by atoms with van der Waals surface area (Å²) in [6, 6.07) is 15.2. The van der Waals surface area contributed by atoms with Gasteiger partial charge < -0.3 is 9.47 Å². The molecular formula is C26H22Br2FN3O3. The van der Waals surface area contributed by atoms with E-state index >= 15 is 0 Å². The molecule has 3 aromatic carbocycles. The molecule has 0 bridgehead atoms. The van der Waals surface area contributed by atoms with E-state index in [1.807, 2.05) is 25.1 Å². The van der Waals surface area contributed by atoms with Gasteiger partial charge in [-0.05, 0) is 54.4 Å². The summed E-state index contributed by atoms with van der Waals surface area (Å²) in [4.78, 5) is 18.0. The molecule has 0 fully saturated rings. The number of benzene rings is 3. The second kappa shape index (κ2) is 11.1. The molecule has 6 nitrogen and oxygen atoms in total. The number of hydrogen-bond acceptors (Lipinski definition) is 5. The normalized spacial score (nSPS) is 11.3. The SMILES string of the molecule is CCCc1nc2ccc(Br)cc2c(=O)n1N=Cc1cc(Br)cc(OC)c1OCc1cccc(F)c1. The van der Waals surface area contributed by atoms with Crippen LogP contribution in [0.5, 0.6) is 11.5 Å². The lowest BCUT2D eigenvalue weighted by atomic mass is 10.2. The minimum atomic E-state index is -0.339. The van der Waals surface area contributed by atoms with E-state index in [-0.39, 0.29) is 18.0 Å². The highest BCUT2D eigenvalue weighted by atomic mass is 79.9. The van der Waals surface area contributed by atoms with E-state index in [1.54, 1.807) is 30.5 Å². The maximum Gasteiger partial charge on any atom is 0.282 e. The van der Waals surface area contributed by atoms with Crippen LogP contribution >= 0.6 is 31.9 Å². The summed E-state index contributed by atoms with van der Waals surface area (Å²) in [5.41, 5.74) is 1.61. The van der Waals surface area contributed by atoms with Crippen molar-refractivity contribution >= 4 is 49.0 Å². The van der Waals surface area contributed by atoms with Crippen LogP contribution in [0.15, 0.2) is 73.4 Å². The van der Waals surface area contributed by atoms with E-state index in [1.165, 1.54) is 23.9 Å². The molecule has 0 aliphatic carbocycles. The second-order valence-electron chi connectivity index (χ2n) is 7.75. The average Bonchev–Trinajstić information content (AvgIpc) is 2.83. The van der Waals surface area contributed by atoms with Crippen molar-refractivity contribution in [3.8, 4) is 11.5 Å². The highest BCUT2D eigenvalue weighted by Crippen LogP contribution is 2.34. The van der Waals surface area contributed by atoms with Crippen molar-refractivity contribution in [2.75, 3.05) is 7.11 Å². The van der Waals surface area contributed by atoms with Crippen molar-refractivity contribution in [3.63, 3.8) is 0 Å². The Morgan fingerprint density at radius 2 is 1.94 bits per heavy atom. The van der Waals surface area contributed by atoms with Crippen LogP contribution in [-0.4, -0.2) is 23.0 Å². The lowest BCUT2D eigenvalue weighted by Gasteiger charge is -2.14. The fraction of sp³-hybridized carbons (Fsp3) is 0.192. The predicted octanol–water partition coefficient (Wildman–Crippen LogP) is 6.48. The van der Waals surface area contributed by atoms with Crippen LogP contribution in [0.4, 0.5) is 4.39 Å². The molecule has 0 atom stereocenters. The van der Waals surface area contributed by atoms with Gasteiger partial charge in [0, 0.05) is 20.9 Å². The predicted molar refractivity (Wildman–Crippen MR) is 142 cm³/mol. The summed E-state index contributed by atoms with van der Waals surface area (Å²) in [6.45, 7) is 2.15. The molecule has 0 saturated carbocycles. The first-order valence-corrected chi connectivity index (χ1v) is 12.5. The van der Waals surface area contributed by atoms with Crippen molar-refractivity contribution in [1.82, 2.24) is 9.66 Å². The molecule has 0 spiro atoms. The van der Waals surface area contributed by atoms with Crippen molar-refractivity contribution in [1.29, 1.82) is 0 Å². The Hall–Kier alpha value is -3.04. The molecule has 0 radical (unpaired) electrons. The molecular weight excluding hydrogens is 581 g/mol. The Bertz CT molecular complexity index is 1470. The van der Waals surface area contributed by atoms with E-state index < -0.39 is 0 Å². The molecule has 0 unspecified atom stereocenters. The Labute approximate surface area is 218 Å². The first-order valence-electron chi connectivity index (χ1n) is 10.9. The van der Waals surface area contributed by atoms with Gasteiger partial charge in [-0.2, -0.15) is 9.78 Å². The third-order valence-corrected chi connectivity index (χ3v) is 6.15. The van der Waals surface area contributed by atoms with Crippen molar-refractivity contribution in [2.45, 2.75) is 26.4 Å². The summed E-state index contributed by atoms with van der Waals surface area (Å²) >= 11 is 6.90. The van der Waals surface area contributed by atoms with Gasteiger partial charge in [0.25, 0.3) is 5.56 Å². The molecule has 0 saturated heterocycles. The van der Waals surface area contributed by atoms with E-state index in [0.29, 0.717) is 45.8 Å². The molecule has 35 heavy (non-hydrogen) atoms. The Kier molecular flexibility index (Phi) is 7.97. The lowest BCUT2D eigenvalue weighted by molar-refractivity contribution is 0.283. The van der Waals surface area contributed by atoms with Crippen molar-refractivity contribution in [3.05, 3.63) is 96.7 Å². The van der Waals surface area contributed by atoms with Crippen LogP contribution in [0, 0.1) is 5.82 Å². The van der Waals surface area contributed by atoms with Crippen LogP contribution in [0.3, 0.4) is 0 Å². The number of hydrogen-bond donors (Lipinski definition) is 0. The van der Waals surface area contributed by atoms with Crippen LogP contribution in [0.25, 0.3) is 10.9 Å². The van der Waals surface area contributed by atoms with Crippen LogP contribution in [0.2, 0.25) is 0 Å². The number of fused-ring (bicyclic) bond motifs is 1. The van der Waals surface area contributed by atoms with Gasteiger partial charge in [0.2, 0.25) is 0 Å². The largest absolute Gasteiger partial charge is 0.493 e. The van der Waals surface area contributed by atoms with Gasteiger partial charge >= 0.3 is 0 Å². The summed E-state index contributed by atoms with van der Waals surface area (Å²) in [5, 5.41) is 4.97. The van der Waals surface area contributed by atoms with Gasteiger partial charge in [-0.3, -0.25) is 4.79 Å². The molecule has 0 N–H and O–H groups in total. The zero-order valence-corrected chi connectivity index (χ0v) is 22.3. The smallest absolute Gasteiger partial charge is 0.282 e. The van der Waals surface area contributed by atoms with Gasteiger partial charge in [-0.1, -0.05) is 50.9 Å². The lowest BCUT2D eigenvalue weighted by Crippen LogP contribution is -2.22. The first kappa shape index (κ1) is 25.1. The highest BCUT2D eigenvalue weighted by Gasteiger charge is 2.14. The van der Waals surface area contributed by atoms with Crippen LogP contribution < -0.4 is 15.0 Å². The fourth-order valence-electron chi connectivity index (χ4n) is 3.59. The molecule has 4 aromatic rings.